The van der Waals surface area contributed by atoms with E-state index < -0.39 is 0 Å². The first-order chi connectivity index (χ1) is 43.3. The second-order valence-corrected chi connectivity index (χ2v) is 26.2. The van der Waals surface area contributed by atoms with Crippen LogP contribution in [0.3, 0.4) is 0 Å². The predicted octanol–water partition coefficient (Wildman–Crippen LogP) is 13.4. The number of nitrogens with zero attached hydrogens (tertiary/aromatic N) is 4. The molecule has 16 nitrogen and oxygen atoms in total. The highest BCUT2D eigenvalue weighted by molar-refractivity contribution is 5.64. The summed E-state index contributed by atoms with van der Waals surface area (Å²) < 4.78 is 50.3. The summed E-state index contributed by atoms with van der Waals surface area (Å²) in [5.74, 6) is 6.29. The minimum atomic E-state index is -0.0503. The van der Waals surface area contributed by atoms with Crippen LogP contribution in [0.5, 0.6) is 92.0 Å². The molecule has 0 unspecified atom stereocenters. The third kappa shape index (κ3) is 11.3. The average Bonchev–Trinajstić information content (AvgIpc) is 0.771. The molecule has 0 aliphatic carbocycles. The van der Waals surface area contributed by atoms with Crippen LogP contribution in [0.2, 0.25) is 0 Å². The second kappa shape index (κ2) is 23.9. The maximum atomic E-state index is 11.5. The van der Waals surface area contributed by atoms with Crippen molar-refractivity contribution in [3.63, 3.8) is 0 Å². The molecule has 0 amide bonds. The molecule has 0 saturated heterocycles. The first-order valence-corrected chi connectivity index (χ1v) is 31.2. The van der Waals surface area contributed by atoms with Gasteiger partial charge in [-0.05, 0) is 180 Å². The molecule has 4 atom stereocenters. The quantitative estimate of drug-likeness (QED) is 0.123. The van der Waals surface area contributed by atoms with Crippen LogP contribution in [0.15, 0.2) is 121 Å². The van der Waals surface area contributed by atoms with Crippen molar-refractivity contribution in [1.82, 2.24) is 9.80 Å². The molecule has 16 heteroatoms. The summed E-state index contributed by atoms with van der Waals surface area (Å²) in [6.07, 6.45) is 6.32. The number of benzene rings is 8. The molecule has 8 aromatic rings. The number of hydrogen-bond acceptors (Lipinski definition) is 14. The summed E-state index contributed by atoms with van der Waals surface area (Å²) in [7, 11) is 19.6. The van der Waals surface area contributed by atoms with Crippen LogP contribution < -0.4 is 37.9 Å². The van der Waals surface area contributed by atoms with Crippen LogP contribution in [-0.4, -0.2) is 136 Å². The Morgan fingerprint density at radius 3 is 1.14 bits per heavy atom. The molecule has 8 aliphatic rings. The molecule has 8 heterocycles. The van der Waals surface area contributed by atoms with Gasteiger partial charge in [0.05, 0.1) is 80.8 Å². The third-order valence-electron chi connectivity index (χ3n) is 20.0. The van der Waals surface area contributed by atoms with E-state index in [0.29, 0.717) is 90.8 Å². The van der Waals surface area contributed by atoms with E-state index in [2.05, 4.69) is 101 Å². The van der Waals surface area contributed by atoms with Crippen molar-refractivity contribution in [3.05, 3.63) is 188 Å². The van der Waals surface area contributed by atoms with Crippen LogP contribution in [0.4, 0.5) is 0 Å². The first-order valence-electron chi connectivity index (χ1n) is 31.2. The van der Waals surface area contributed by atoms with Crippen LogP contribution in [0, 0.1) is 0 Å². The molecular formula is C74H82N4O12+2. The van der Waals surface area contributed by atoms with Gasteiger partial charge in [-0.3, -0.25) is 9.80 Å². The summed E-state index contributed by atoms with van der Waals surface area (Å²) in [5, 5.41) is 44.9. The van der Waals surface area contributed by atoms with Crippen molar-refractivity contribution in [1.29, 1.82) is 0 Å². The molecule has 16 rings (SSSR count). The van der Waals surface area contributed by atoms with E-state index in [1.807, 2.05) is 60.7 Å². The zero-order valence-electron chi connectivity index (χ0n) is 53.2. The lowest BCUT2D eigenvalue weighted by atomic mass is 9.86. The van der Waals surface area contributed by atoms with Crippen LogP contribution in [0.25, 0.3) is 0 Å². The van der Waals surface area contributed by atoms with Gasteiger partial charge in [0.2, 0.25) is 11.5 Å². The average molecular weight is 1220 g/mol. The van der Waals surface area contributed by atoms with E-state index >= 15 is 0 Å². The highest BCUT2D eigenvalue weighted by atomic mass is 16.5. The smallest absolute Gasteiger partial charge is 0.201 e. The molecule has 468 valence electrons. The van der Waals surface area contributed by atoms with Crippen molar-refractivity contribution in [2.75, 3.05) is 96.9 Å². The van der Waals surface area contributed by atoms with Gasteiger partial charge in [0.25, 0.3) is 0 Å². The predicted molar refractivity (Wildman–Crippen MR) is 345 cm³/mol. The molecule has 0 saturated carbocycles. The standard InChI is InChI=1S/2C37H40N2O6/c2*1-38-14-12-24-19-32(42-4)33-21-27(24)28(38)16-22-6-9-26(10-7-22)44-37-35-25(20-34(43-5)36(37)41)13-15-39(2,3)29(35)17-23-8-11-30(40)31(18-23)45-33/h2*6-11,18-21,28-29H,12-17H2,1-5H3,(H-,40,41)/p+2/t2*28-,29+/m00/s1. The third-order valence-corrected chi connectivity index (χ3v) is 20.0. The van der Waals surface area contributed by atoms with Crippen LogP contribution >= 0.6 is 0 Å². The number of rotatable bonds is 4. The number of likely N-dealkylation sites (N-methyl/N-ethyl adjacent to an activating group) is 4. The summed E-state index contributed by atoms with van der Waals surface area (Å²) in [5.41, 5.74) is 13.3. The molecule has 8 aliphatic heterocycles. The fraction of sp³-hybridized carbons (Fsp3) is 0.351. The Balaban J connectivity index is 0.000000165. The molecule has 12 bridgehead atoms. The Kier molecular flexibility index (Phi) is 15.9. The van der Waals surface area contributed by atoms with E-state index in [1.165, 1.54) is 33.4 Å². The molecule has 0 spiro atoms. The Labute approximate surface area is 527 Å². The topological polar surface area (TPSA) is 161 Å². The van der Waals surface area contributed by atoms with Crippen molar-refractivity contribution < 1.29 is 67.3 Å². The Hall–Kier alpha value is -8.80. The molecule has 8 aromatic carbocycles. The Bertz CT molecular complexity index is 3790. The van der Waals surface area contributed by atoms with E-state index in [4.69, 9.17) is 37.9 Å². The van der Waals surface area contributed by atoms with Gasteiger partial charge < -0.3 is 67.3 Å². The van der Waals surface area contributed by atoms with Gasteiger partial charge in [-0.1, -0.05) is 36.4 Å². The fourth-order valence-electron chi connectivity index (χ4n) is 14.5. The molecule has 4 N–H and O–H groups in total. The lowest BCUT2D eigenvalue weighted by Crippen LogP contribution is -2.48. The number of fused-ring (bicyclic) bond motifs is 4. The summed E-state index contributed by atoms with van der Waals surface area (Å²) in [6.45, 7) is 3.68. The second-order valence-electron chi connectivity index (χ2n) is 26.2. The van der Waals surface area contributed by atoms with Gasteiger partial charge in [-0.15, -0.1) is 0 Å². The highest BCUT2D eigenvalue weighted by Gasteiger charge is 2.43. The van der Waals surface area contributed by atoms with Gasteiger partial charge in [-0.2, -0.15) is 0 Å². The van der Waals surface area contributed by atoms with E-state index in [9.17, 15) is 20.4 Å². The number of aromatic hydroxyl groups is 4. The Morgan fingerprint density at radius 1 is 0.400 bits per heavy atom. The maximum Gasteiger partial charge on any atom is 0.201 e. The van der Waals surface area contributed by atoms with Crippen molar-refractivity contribution in [3.8, 4) is 92.0 Å². The van der Waals surface area contributed by atoms with Crippen molar-refractivity contribution >= 4 is 0 Å². The zero-order chi connectivity index (χ0) is 62.9. The number of phenolic OH excluding ortho intramolecular Hbond substituents is 4. The molecule has 0 fully saturated rings. The van der Waals surface area contributed by atoms with E-state index in [0.717, 1.165) is 98.1 Å². The summed E-state index contributed by atoms with van der Waals surface area (Å²) in [6, 6.07) is 39.8. The van der Waals surface area contributed by atoms with Crippen LogP contribution in [0.1, 0.15) is 90.9 Å². The highest BCUT2D eigenvalue weighted by Crippen LogP contribution is 2.54. The largest absolute Gasteiger partial charge is 0.504 e. The van der Waals surface area contributed by atoms with Crippen molar-refractivity contribution in [2.24, 2.45) is 0 Å². The SMILES string of the molecule is COc1cc2c3cc1Oc1cc(ccc1O)C[C@@H]1c4c(cc(OC)c(O)c4Oc4ccc(cc4)C[C@@H]3N(C)CC2)CC[N+]1(C)C.COc1cc2c3cc1Oc1cc(ccc1O)C[C@@H]1c4c(cc(OC)c(O)c4Oc4ccc(cc4)C[C@@H]3N(C)CC2)CC[N+]1(C)C. The van der Waals surface area contributed by atoms with Crippen molar-refractivity contribution in [2.45, 2.75) is 75.5 Å². The van der Waals surface area contributed by atoms with Gasteiger partial charge in [0, 0.05) is 50.9 Å². The maximum absolute atomic E-state index is 11.5. The van der Waals surface area contributed by atoms with E-state index in [1.54, 1.807) is 40.6 Å². The zero-order valence-corrected chi connectivity index (χ0v) is 53.2. The number of ether oxygens (including phenoxy) is 8. The minimum absolute atomic E-state index is 0.00157. The number of quaternary nitrogens is 2. The number of hydrogen-bond donors (Lipinski definition) is 4. The molecule has 90 heavy (non-hydrogen) atoms. The van der Waals surface area contributed by atoms with E-state index in [-0.39, 0.29) is 47.2 Å². The molecule has 0 aromatic heterocycles. The molecular weight excluding hydrogens is 1140 g/mol. The van der Waals surface area contributed by atoms with Gasteiger partial charge in [0.1, 0.15) is 23.6 Å². The van der Waals surface area contributed by atoms with Gasteiger partial charge >= 0.3 is 0 Å². The van der Waals surface area contributed by atoms with Gasteiger partial charge in [0.15, 0.2) is 69.0 Å². The lowest BCUT2D eigenvalue weighted by molar-refractivity contribution is -0.923. The monoisotopic (exact) mass is 1220 g/mol. The molecule has 0 radical (unpaired) electrons. The fourth-order valence-corrected chi connectivity index (χ4v) is 14.5. The summed E-state index contributed by atoms with van der Waals surface area (Å²) in [4.78, 5) is 4.75. The lowest BCUT2D eigenvalue weighted by Gasteiger charge is -2.43. The minimum Gasteiger partial charge on any atom is -0.504 e. The van der Waals surface area contributed by atoms with Gasteiger partial charge in [-0.25, -0.2) is 0 Å². The number of methoxy groups -OCH3 is 4. The normalized spacial score (nSPS) is 20.2. The number of phenols is 4. The summed E-state index contributed by atoms with van der Waals surface area (Å²) >= 11 is 0. The Morgan fingerprint density at radius 2 is 0.767 bits per heavy atom. The van der Waals surface area contributed by atoms with Crippen LogP contribution in [-0.2, 0) is 51.4 Å². The first kappa shape index (κ1) is 60.1.